The molecule has 442 valence electrons. The molecule has 0 rings (SSSR count). The lowest BCUT2D eigenvalue weighted by atomic mass is 10.0. The predicted molar refractivity (Wildman–Crippen MR) is 325 cm³/mol. The number of carbonyl (C=O) groups is 2. The molecule has 0 aliphatic carbocycles. The van der Waals surface area contributed by atoms with Crippen LogP contribution < -0.4 is 10.2 Å². The first-order chi connectivity index (χ1) is 36.9. The van der Waals surface area contributed by atoms with Gasteiger partial charge in [0.2, 0.25) is 5.91 Å². The molecule has 0 aromatic heterocycles. The zero-order valence-corrected chi connectivity index (χ0v) is 51.3. The van der Waals surface area contributed by atoms with E-state index in [1.807, 2.05) is 33.3 Å². The van der Waals surface area contributed by atoms with Crippen molar-refractivity contribution in [2.45, 2.75) is 296 Å². The Bertz CT molecular complexity index is 1530. The molecule has 0 aromatic rings. The van der Waals surface area contributed by atoms with Gasteiger partial charge in [-0.25, -0.2) is 0 Å². The Hall–Kier alpha value is -2.55. The molecule has 0 saturated carbocycles. The standard InChI is InChI=1S/C66H121N2O7P/c1-7-10-13-16-19-22-25-27-29-30-31-32-33-34-35-36-37-38-39-41-44-47-50-53-56-59-66(70)75-64(57-54-51-48-45-42-24-21-18-15-12-9-3)63(62-74-76(71,72)73-61-60-68(4,5)6)67-65(69)58-55-52-49-46-43-40-28-26-23-20-17-14-11-8-2/h11,14,19-20,22-23,27-29,40,54,57,63-64H,7-10,12-13,15-18,21,24-26,30-39,41-53,55-56,58-62H2,1-6H3,(H-,67,69,71,72)/b14-11+,22-19-,23-20+,29-27-,40-28+,57-54-. The van der Waals surface area contributed by atoms with Gasteiger partial charge in [-0.15, -0.1) is 0 Å². The second-order valence-corrected chi connectivity index (χ2v) is 23.9. The summed E-state index contributed by atoms with van der Waals surface area (Å²) in [7, 11) is 1.17. The molecule has 3 atom stereocenters. The number of phosphoric ester groups is 1. The summed E-state index contributed by atoms with van der Waals surface area (Å²) in [5.74, 6) is -0.564. The number of rotatable bonds is 57. The predicted octanol–water partition coefficient (Wildman–Crippen LogP) is 19.0. The van der Waals surface area contributed by atoms with E-state index in [0.29, 0.717) is 17.4 Å². The lowest BCUT2D eigenvalue weighted by molar-refractivity contribution is -0.870. The summed E-state index contributed by atoms with van der Waals surface area (Å²) >= 11 is 0. The third-order valence-electron chi connectivity index (χ3n) is 13.9. The maximum absolute atomic E-state index is 13.5. The van der Waals surface area contributed by atoms with E-state index in [1.165, 1.54) is 154 Å². The minimum absolute atomic E-state index is 0.0284. The fraction of sp³-hybridized carbons (Fsp3) is 0.788. The van der Waals surface area contributed by atoms with Gasteiger partial charge in [0.15, 0.2) is 0 Å². The molecule has 0 fully saturated rings. The van der Waals surface area contributed by atoms with Crippen LogP contribution in [0, 0.1) is 0 Å². The highest BCUT2D eigenvalue weighted by Gasteiger charge is 2.27. The molecule has 0 saturated heterocycles. The smallest absolute Gasteiger partial charge is 0.306 e. The Morgan fingerprint density at radius 2 is 0.842 bits per heavy atom. The second kappa shape index (κ2) is 55.8. The van der Waals surface area contributed by atoms with Gasteiger partial charge in [-0.1, -0.05) is 248 Å². The van der Waals surface area contributed by atoms with Crippen molar-refractivity contribution < 1.29 is 37.3 Å². The Morgan fingerprint density at radius 1 is 0.474 bits per heavy atom. The van der Waals surface area contributed by atoms with Gasteiger partial charge < -0.3 is 28.5 Å². The zero-order valence-electron chi connectivity index (χ0n) is 50.4. The van der Waals surface area contributed by atoms with Crippen LogP contribution in [0.4, 0.5) is 0 Å². The Morgan fingerprint density at radius 3 is 1.29 bits per heavy atom. The number of amides is 1. The normalized spacial score (nSPS) is 14.1. The highest BCUT2D eigenvalue weighted by atomic mass is 31.2. The first kappa shape index (κ1) is 73.5. The molecule has 1 N–H and O–H groups in total. The van der Waals surface area contributed by atoms with Gasteiger partial charge >= 0.3 is 5.97 Å². The number of hydrogen-bond acceptors (Lipinski definition) is 7. The molecule has 10 heteroatoms. The van der Waals surface area contributed by atoms with Crippen molar-refractivity contribution in [3.05, 3.63) is 72.9 Å². The number of phosphoric acid groups is 1. The van der Waals surface area contributed by atoms with Crippen molar-refractivity contribution in [3.63, 3.8) is 0 Å². The van der Waals surface area contributed by atoms with E-state index in [1.54, 1.807) is 0 Å². The van der Waals surface area contributed by atoms with E-state index in [0.717, 1.165) is 89.9 Å². The van der Waals surface area contributed by atoms with Crippen molar-refractivity contribution in [2.75, 3.05) is 40.9 Å². The molecule has 0 aliphatic rings. The quantitative estimate of drug-likeness (QED) is 0.0212. The molecule has 1 amide bonds. The summed E-state index contributed by atoms with van der Waals surface area (Å²) < 4.78 is 30.3. The molecule has 0 heterocycles. The summed E-state index contributed by atoms with van der Waals surface area (Å²) in [4.78, 5) is 39.9. The van der Waals surface area contributed by atoms with Crippen molar-refractivity contribution in [2.24, 2.45) is 0 Å². The number of nitrogens with one attached hydrogen (secondary N) is 1. The third-order valence-corrected chi connectivity index (χ3v) is 14.8. The molecule has 0 spiro atoms. The van der Waals surface area contributed by atoms with E-state index in [2.05, 4.69) is 86.8 Å². The fourth-order valence-electron chi connectivity index (χ4n) is 8.98. The number of esters is 1. The number of hydrogen-bond donors (Lipinski definition) is 1. The average Bonchev–Trinajstić information content (AvgIpc) is 3.38. The largest absolute Gasteiger partial charge is 0.756 e. The highest BCUT2D eigenvalue weighted by molar-refractivity contribution is 7.45. The van der Waals surface area contributed by atoms with Gasteiger partial charge in [0.1, 0.15) is 19.3 Å². The zero-order chi connectivity index (χ0) is 55.7. The summed E-state index contributed by atoms with van der Waals surface area (Å²) in [5, 5.41) is 3.01. The molecule has 0 radical (unpaired) electrons. The van der Waals surface area contributed by atoms with Gasteiger partial charge in [-0.05, 0) is 96.0 Å². The lowest BCUT2D eigenvalue weighted by Crippen LogP contribution is -2.47. The minimum Gasteiger partial charge on any atom is -0.756 e. The summed E-state index contributed by atoms with van der Waals surface area (Å²) in [6, 6.07) is -0.901. The maximum Gasteiger partial charge on any atom is 0.306 e. The van der Waals surface area contributed by atoms with Gasteiger partial charge in [-0.3, -0.25) is 14.2 Å². The fourth-order valence-corrected chi connectivity index (χ4v) is 9.70. The van der Waals surface area contributed by atoms with Gasteiger partial charge in [-0.2, -0.15) is 0 Å². The number of unbranched alkanes of at least 4 members (excludes halogenated alkanes) is 31. The van der Waals surface area contributed by atoms with Crippen LogP contribution in [0.3, 0.4) is 0 Å². The number of carbonyl (C=O) groups excluding carboxylic acids is 2. The number of likely N-dealkylation sites (N-methyl/N-ethyl adjacent to an activating group) is 1. The third kappa shape index (κ3) is 56.2. The first-order valence-corrected chi connectivity index (χ1v) is 33.2. The highest BCUT2D eigenvalue weighted by Crippen LogP contribution is 2.38. The number of ether oxygens (including phenoxy) is 1. The monoisotopic (exact) mass is 1080 g/mol. The molecule has 0 bridgehead atoms. The SMILES string of the molecule is CC/C=C/C/C=C/C/C=C/CCCCCCC(=O)NC(COP(=O)([O-])OCC[N+](C)(C)C)C(/C=C\CCCCCCCCCCC)OC(=O)CCCCCCCCCCCCCCCCC/C=C\C/C=C\CCCCC. The van der Waals surface area contributed by atoms with E-state index in [4.69, 9.17) is 13.8 Å². The summed E-state index contributed by atoms with van der Waals surface area (Å²) in [6.45, 7) is 6.69. The van der Waals surface area contributed by atoms with Crippen LogP contribution >= 0.6 is 7.82 Å². The summed E-state index contributed by atoms with van der Waals surface area (Å²) in [5.41, 5.74) is 0. The van der Waals surface area contributed by atoms with E-state index in [9.17, 15) is 19.0 Å². The van der Waals surface area contributed by atoms with Gasteiger partial charge in [0, 0.05) is 12.8 Å². The van der Waals surface area contributed by atoms with Crippen LogP contribution in [0.15, 0.2) is 72.9 Å². The molecule has 9 nitrogen and oxygen atoms in total. The van der Waals surface area contributed by atoms with Crippen molar-refractivity contribution in [1.82, 2.24) is 5.32 Å². The molecule has 0 aliphatic heterocycles. The average molecular weight is 1090 g/mol. The van der Waals surface area contributed by atoms with Gasteiger partial charge in [0.05, 0.1) is 33.8 Å². The Balaban J connectivity index is 5.08. The minimum atomic E-state index is -4.70. The van der Waals surface area contributed by atoms with Crippen LogP contribution in [-0.2, 0) is 27.9 Å². The van der Waals surface area contributed by atoms with Crippen LogP contribution in [0.2, 0.25) is 0 Å². The van der Waals surface area contributed by atoms with Crippen molar-refractivity contribution in [1.29, 1.82) is 0 Å². The van der Waals surface area contributed by atoms with Crippen LogP contribution in [0.25, 0.3) is 0 Å². The second-order valence-electron chi connectivity index (χ2n) is 22.5. The maximum atomic E-state index is 13.5. The van der Waals surface area contributed by atoms with Crippen LogP contribution in [0.1, 0.15) is 284 Å². The number of allylic oxidation sites excluding steroid dienone is 11. The van der Waals surface area contributed by atoms with Gasteiger partial charge in [0.25, 0.3) is 7.82 Å². The Labute approximate surface area is 470 Å². The topological polar surface area (TPSA) is 114 Å². The molecule has 3 unspecified atom stereocenters. The molecular weight excluding hydrogens is 964 g/mol. The van der Waals surface area contributed by atoms with Crippen LogP contribution in [0.5, 0.6) is 0 Å². The lowest BCUT2D eigenvalue weighted by Gasteiger charge is -2.30. The van der Waals surface area contributed by atoms with E-state index >= 15 is 0 Å². The summed E-state index contributed by atoms with van der Waals surface area (Å²) in [6.07, 6.45) is 71.7. The Kier molecular flexibility index (Phi) is 53.9. The first-order valence-electron chi connectivity index (χ1n) is 31.7. The molecule has 76 heavy (non-hydrogen) atoms. The van der Waals surface area contributed by atoms with Crippen LogP contribution in [-0.4, -0.2) is 69.4 Å². The number of quaternary nitrogens is 1. The van der Waals surface area contributed by atoms with E-state index < -0.39 is 26.6 Å². The van der Waals surface area contributed by atoms with Crippen molar-refractivity contribution in [3.8, 4) is 0 Å². The van der Waals surface area contributed by atoms with E-state index in [-0.39, 0.29) is 31.3 Å². The van der Waals surface area contributed by atoms with Crippen molar-refractivity contribution >= 4 is 19.7 Å². The molecule has 0 aromatic carbocycles. The number of nitrogens with zero attached hydrogens (tertiary/aromatic N) is 1. The molecular formula is C66H121N2O7P.